The minimum Gasteiger partial charge on any atom is -0.330 e. The smallest absolute Gasteiger partial charge is 0.263 e. The molecule has 4 rings (SSSR count). The van der Waals surface area contributed by atoms with Crippen LogP contribution < -0.4 is 15.4 Å². The van der Waals surface area contributed by atoms with Crippen LogP contribution in [0.4, 0.5) is 15.2 Å². The molecule has 1 amide bonds. The van der Waals surface area contributed by atoms with Gasteiger partial charge in [-0.1, -0.05) is 18.2 Å². The lowest BCUT2D eigenvalue weighted by Crippen LogP contribution is -2.23. The Balaban J connectivity index is 0.000000388. The van der Waals surface area contributed by atoms with Crippen LogP contribution in [0.15, 0.2) is 65.0 Å². The number of rotatable bonds is 6. The van der Waals surface area contributed by atoms with Crippen LogP contribution in [0.25, 0.3) is 0 Å². The van der Waals surface area contributed by atoms with Crippen LogP contribution in [0.5, 0.6) is 0 Å². The van der Waals surface area contributed by atoms with E-state index >= 15 is 0 Å². The monoisotopic (exact) mass is 466 g/mol. The van der Waals surface area contributed by atoms with E-state index in [2.05, 4.69) is 9.71 Å². The fourth-order valence-corrected chi connectivity index (χ4v) is 4.82. The van der Waals surface area contributed by atoms with E-state index in [0.717, 1.165) is 12.1 Å². The van der Waals surface area contributed by atoms with Crippen molar-refractivity contribution in [3.8, 4) is 0 Å². The SMILES string of the molecule is NCCc1ccccc1F.O=C1CCCN1c1ccc(S(=O)(=O)Nc2nccs2)cc1.[HH].[HH]. The molecule has 10 heteroatoms. The molecule has 2 heterocycles. The van der Waals surface area contributed by atoms with Gasteiger partial charge in [-0.3, -0.25) is 9.52 Å². The second-order valence-corrected chi connectivity index (χ2v) is 9.29. The van der Waals surface area contributed by atoms with Gasteiger partial charge in [0.2, 0.25) is 5.91 Å². The number of nitrogens with two attached hydrogens (primary N) is 1. The summed E-state index contributed by atoms with van der Waals surface area (Å²) in [5.74, 6) is -0.0838. The van der Waals surface area contributed by atoms with Gasteiger partial charge in [-0.25, -0.2) is 17.8 Å². The largest absolute Gasteiger partial charge is 0.330 e. The highest BCUT2D eigenvalue weighted by atomic mass is 32.2. The van der Waals surface area contributed by atoms with Crippen molar-refractivity contribution < 1.29 is 20.5 Å². The molecule has 31 heavy (non-hydrogen) atoms. The molecule has 0 aliphatic carbocycles. The van der Waals surface area contributed by atoms with Crippen LogP contribution in [-0.4, -0.2) is 32.4 Å². The molecule has 3 N–H and O–H groups in total. The van der Waals surface area contributed by atoms with Crippen LogP contribution in [0, 0.1) is 5.82 Å². The maximum atomic E-state index is 12.7. The lowest BCUT2D eigenvalue weighted by molar-refractivity contribution is -0.117. The Morgan fingerprint density at radius 1 is 1.19 bits per heavy atom. The quantitative estimate of drug-likeness (QED) is 0.573. The highest BCUT2D eigenvalue weighted by molar-refractivity contribution is 7.93. The van der Waals surface area contributed by atoms with E-state index in [0.29, 0.717) is 36.6 Å². The third-order valence-electron chi connectivity index (χ3n) is 4.56. The highest BCUT2D eigenvalue weighted by Crippen LogP contribution is 2.24. The molecule has 0 saturated carbocycles. The van der Waals surface area contributed by atoms with Crippen molar-refractivity contribution in [2.45, 2.75) is 24.2 Å². The molecule has 0 spiro atoms. The van der Waals surface area contributed by atoms with E-state index in [1.54, 1.807) is 34.5 Å². The zero-order chi connectivity index (χ0) is 22.3. The van der Waals surface area contributed by atoms with Gasteiger partial charge in [-0.2, -0.15) is 0 Å². The Kier molecular flexibility index (Phi) is 7.72. The van der Waals surface area contributed by atoms with Gasteiger partial charge in [0.05, 0.1) is 4.90 Å². The zero-order valence-electron chi connectivity index (χ0n) is 16.7. The maximum Gasteiger partial charge on any atom is 0.263 e. The molecule has 1 saturated heterocycles. The number of carbonyl (C=O) groups excluding carboxylic acids is 1. The van der Waals surface area contributed by atoms with Crippen molar-refractivity contribution in [1.82, 2.24) is 4.98 Å². The normalized spacial score (nSPS) is 13.6. The molecule has 3 aromatic rings. The van der Waals surface area contributed by atoms with Crippen LogP contribution in [-0.2, 0) is 21.2 Å². The lowest BCUT2D eigenvalue weighted by Gasteiger charge is -2.16. The van der Waals surface area contributed by atoms with Gasteiger partial charge in [0, 0.05) is 33.1 Å². The molecular weight excluding hydrogens is 439 g/mol. The third-order valence-corrected chi connectivity index (χ3v) is 6.73. The van der Waals surface area contributed by atoms with E-state index in [4.69, 9.17) is 5.73 Å². The summed E-state index contributed by atoms with van der Waals surface area (Å²) in [5.41, 5.74) is 6.69. The standard InChI is InChI=1S/C13H13N3O3S2.C8H10FN.2H2/c17-12-2-1-8-16(12)10-3-5-11(6-4-10)21(18,19)15-13-14-7-9-20-13;9-8-4-2-1-3-7(8)5-6-10;;/h3-7,9H,1-2,8H2,(H,14,15);1-4H,5-6,10H2;2*1H. The number of thiazole rings is 1. The van der Waals surface area contributed by atoms with E-state index in [1.807, 2.05) is 6.07 Å². The van der Waals surface area contributed by atoms with Crippen molar-refractivity contribution >= 4 is 38.1 Å². The molecule has 1 aromatic heterocycles. The number of hydrogen-bond acceptors (Lipinski definition) is 6. The van der Waals surface area contributed by atoms with Gasteiger partial charge in [0.1, 0.15) is 5.82 Å². The Bertz CT molecular complexity index is 1110. The molecule has 1 aliphatic heterocycles. The van der Waals surface area contributed by atoms with Gasteiger partial charge in [-0.15, -0.1) is 11.3 Å². The summed E-state index contributed by atoms with van der Waals surface area (Å²) in [7, 11) is -3.64. The lowest BCUT2D eigenvalue weighted by atomic mass is 10.1. The minimum atomic E-state index is -3.64. The minimum absolute atomic E-state index is 0. The number of nitrogens with zero attached hydrogens (tertiary/aromatic N) is 2. The second-order valence-electron chi connectivity index (χ2n) is 6.72. The Labute approximate surface area is 187 Å². The summed E-state index contributed by atoms with van der Waals surface area (Å²) < 4.78 is 39.5. The Morgan fingerprint density at radius 2 is 1.94 bits per heavy atom. The number of aromatic nitrogens is 1. The molecule has 2 aromatic carbocycles. The third kappa shape index (κ3) is 6.09. The molecule has 1 fully saturated rings. The van der Waals surface area contributed by atoms with Crippen LogP contribution in [0.3, 0.4) is 0 Å². The summed E-state index contributed by atoms with van der Waals surface area (Å²) in [6.45, 7) is 1.18. The number of halogens is 1. The molecule has 0 unspecified atom stereocenters. The van der Waals surface area contributed by atoms with Crippen molar-refractivity contribution in [3.05, 3.63) is 71.5 Å². The summed E-state index contributed by atoms with van der Waals surface area (Å²) >= 11 is 1.21. The van der Waals surface area contributed by atoms with E-state index in [1.165, 1.54) is 35.7 Å². The van der Waals surface area contributed by atoms with Gasteiger partial charge in [-0.05, 0) is 55.3 Å². The molecular formula is C21H27FN4O3S2. The first-order valence-corrected chi connectivity index (χ1v) is 12.0. The molecule has 7 nitrogen and oxygen atoms in total. The summed E-state index contributed by atoms with van der Waals surface area (Å²) in [4.78, 5) is 17.4. The highest BCUT2D eigenvalue weighted by Gasteiger charge is 2.22. The van der Waals surface area contributed by atoms with Gasteiger partial charge in [0.15, 0.2) is 5.13 Å². The summed E-state index contributed by atoms with van der Waals surface area (Å²) in [6, 6.07) is 13.0. The number of sulfonamides is 1. The molecule has 168 valence electrons. The average Bonchev–Trinajstić information content (AvgIpc) is 3.42. The molecule has 0 radical (unpaired) electrons. The number of carbonyl (C=O) groups is 1. The number of benzene rings is 2. The van der Waals surface area contributed by atoms with Crippen molar-refractivity contribution in [1.29, 1.82) is 0 Å². The van der Waals surface area contributed by atoms with Crippen LogP contribution >= 0.6 is 11.3 Å². The fourth-order valence-electron chi connectivity index (χ4n) is 3.03. The number of hydrogen-bond donors (Lipinski definition) is 2. The fraction of sp³-hybridized carbons (Fsp3) is 0.238. The van der Waals surface area contributed by atoms with E-state index in [9.17, 15) is 17.6 Å². The van der Waals surface area contributed by atoms with Crippen LogP contribution in [0.1, 0.15) is 21.3 Å². The first-order chi connectivity index (χ1) is 14.9. The van der Waals surface area contributed by atoms with Crippen LogP contribution in [0.2, 0.25) is 0 Å². The Hall–Kier alpha value is -2.82. The topological polar surface area (TPSA) is 105 Å². The van der Waals surface area contributed by atoms with Crippen molar-refractivity contribution in [3.63, 3.8) is 0 Å². The number of nitrogens with one attached hydrogen (secondary N) is 1. The van der Waals surface area contributed by atoms with Gasteiger partial charge < -0.3 is 10.6 Å². The predicted octanol–water partition coefficient (Wildman–Crippen LogP) is 3.89. The predicted molar refractivity (Wildman–Crippen MR) is 124 cm³/mol. The van der Waals surface area contributed by atoms with E-state index in [-0.39, 0.29) is 19.5 Å². The molecule has 0 bridgehead atoms. The number of amides is 1. The molecule has 0 atom stereocenters. The Morgan fingerprint density at radius 3 is 2.52 bits per heavy atom. The van der Waals surface area contributed by atoms with Gasteiger partial charge in [0.25, 0.3) is 10.0 Å². The van der Waals surface area contributed by atoms with Crippen molar-refractivity contribution in [2.75, 3.05) is 22.7 Å². The first-order valence-electron chi connectivity index (χ1n) is 9.67. The van der Waals surface area contributed by atoms with Gasteiger partial charge >= 0.3 is 0 Å². The summed E-state index contributed by atoms with van der Waals surface area (Å²) in [6.07, 6.45) is 3.54. The summed E-state index contributed by atoms with van der Waals surface area (Å²) in [5, 5.41) is 2.02. The average molecular weight is 467 g/mol. The second kappa shape index (κ2) is 10.5. The maximum absolute atomic E-state index is 12.7. The zero-order valence-corrected chi connectivity index (χ0v) is 18.3. The van der Waals surface area contributed by atoms with E-state index < -0.39 is 10.0 Å². The molecule has 1 aliphatic rings. The first kappa shape index (κ1) is 22.9. The van der Waals surface area contributed by atoms with Crippen molar-refractivity contribution in [2.24, 2.45) is 5.73 Å². The number of anilines is 2.